The van der Waals surface area contributed by atoms with Gasteiger partial charge in [-0.05, 0) is 42.2 Å². The van der Waals surface area contributed by atoms with Crippen molar-refractivity contribution in [2.24, 2.45) is 0 Å². The van der Waals surface area contributed by atoms with Gasteiger partial charge in [-0.3, -0.25) is 9.97 Å². The fourth-order valence-electron chi connectivity index (χ4n) is 3.87. The van der Waals surface area contributed by atoms with Crippen LogP contribution in [0.3, 0.4) is 0 Å². The Hall–Kier alpha value is -3.47. The zero-order chi connectivity index (χ0) is 21.1. The van der Waals surface area contributed by atoms with Crippen LogP contribution in [-0.4, -0.2) is 15.0 Å². The Morgan fingerprint density at radius 2 is 2.00 bits per heavy atom. The van der Waals surface area contributed by atoms with Gasteiger partial charge >= 0.3 is 0 Å². The third-order valence-electron chi connectivity index (χ3n) is 5.26. The number of benzene rings is 1. The minimum absolute atomic E-state index is 0.356. The third kappa shape index (κ3) is 3.96. The van der Waals surface area contributed by atoms with E-state index in [4.69, 9.17) is 0 Å². The van der Waals surface area contributed by atoms with Gasteiger partial charge in [0.15, 0.2) is 0 Å². The van der Waals surface area contributed by atoms with Crippen LogP contribution < -0.4 is 5.32 Å². The van der Waals surface area contributed by atoms with E-state index < -0.39 is 0 Å². The van der Waals surface area contributed by atoms with E-state index in [9.17, 15) is 4.39 Å². The van der Waals surface area contributed by atoms with E-state index in [-0.39, 0.29) is 11.9 Å². The summed E-state index contributed by atoms with van der Waals surface area (Å²) >= 11 is 0. The summed E-state index contributed by atoms with van der Waals surface area (Å²) in [5.41, 5.74) is 6.85. The summed E-state index contributed by atoms with van der Waals surface area (Å²) < 4.78 is 14.0. The van der Waals surface area contributed by atoms with Crippen molar-refractivity contribution < 1.29 is 4.39 Å². The molecule has 4 rings (SSSR count). The molecule has 4 aromatic rings. The van der Waals surface area contributed by atoms with Crippen molar-refractivity contribution in [1.29, 1.82) is 0 Å². The van der Waals surface area contributed by atoms with Crippen LogP contribution in [0.2, 0.25) is 0 Å². The zero-order valence-corrected chi connectivity index (χ0v) is 17.2. The van der Waals surface area contributed by atoms with Gasteiger partial charge in [0.05, 0.1) is 17.9 Å². The fourth-order valence-corrected chi connectivity index (χ4v) is 3.87. The number of para-hydroxylation sites is 1. The summed E-state index contributed by atoms with van der Waals surface area (Å²) in [5, 5.41) is 4.59. The van der Waals surface area contributed by atoms with Crippen LogP contribution in [0.1, 0.15) is 41.6 Å². The van der Waals surface area contributed by atoms with Crippen molar-refractivity contribution in [3.8, 4) is 0 Å². The second kappa shape index (κ2) is 8.49. The number of aromatic nitrogens is 3. The van der Waals surface area contributed by atoms with Gasteiger partial charge in [0.1, 0.15) is 5.82 Å². The molecule has 0 fully saturated rings. The van der Waals surface area contributed by atoms with Gasteiger partial charge in [0.25, 0.3) is 0 Å². The van der Waals surface area contributed by atoms with E-state index >= 15 is 0 Å². The standard InChI is InChI=1S/C25H25FN4/c1-4-6-18-7-5-8-22-23(15-29-25(18)22)17(3)24(19-10-20(26)13-28-12-19)30-21-9-16(2)11-27-14-21/h5,7-15,24,29-30H,3-4,6H2,1-2H3. The molecule has 0 spiro atoms. The SMILES string of the molecule is C=C(c1c[nH]c2c(CCC)cccc12)C(Nc1cncc(C)c1)c1cncc(F)c1. The Balaban J connectivity index is 1.78. The monoisotopic (exact) mass is 400 g/mol. The van der Waals surface area contributed by atoms with Gasteiger partial charge in [0.2, 0.25) is 0 Å². The normalized spacial score (nSPS) is 12.1. The first-order chi connectivity index (χ1) is 14.6. The first-order valence-electron chi connectivity index (χ1n) is 10.1. The topological polar surface area (TPSA) is 53.6 Å². The fraction of sp³-hybridized carbons (Fsp3) is 0.200. The highest BCUT2D eigenvalue weighted by molar-refractivity contribution is 5.95. The Kier molecular flexibility index (Phi) is 5.61. The minimum atomic E-state index is -0.376. The van der Waals surface area contributed by atoms with Gasteiger partial charge in [-0.25, -0.2) is 4.39 Å². The molecule has 0 aliphatic carbocycles. The molecule has 1 aromatic carbocycles. The third-order valence-corrected chi connectivity index (χ3v) is 5.26. The first kappa shape index (κ1) is 19.8. The van der Waals surface area contributed by atoms with Crippen LogP contribution in [0.4, 0.5) is 10.1 Å². The molecule has 0 bridgehead atoms. The number of rotatable bonds is 7. The smallest absolute Gasteiger partial charge is 0.141 e. The zero-order valence-electron chi connectivity index (χ0n) is 17.2. The Morgan fingerprint density at radius 3 is 2.77 bits per heavy atom. The second-order valence-electron chi connectivity index (χ2n) is 7.58. The number of anilines is 1. The lowest BCUT2D eigenvalue weighted by molar-refractivity contribution is 0.618. The number of H-pyrrole nitrogens is 1. The molecule has 0 amide bonds. The second-order valence-corrected chi connectivity index (χ2v) is 7.58. The lowest BCUT2D eigenvalue weighted by Gasteiger charge is -2.23. The molecule has 3 heterocycles. The minimum Gasteiger partial charge on any atom is -0.373 e. The Bertz CT molecular complexity index is 1190. The summed E-state index contributed by atoms with van der Waals surface area (Å²) in [4.78, 5) is 11.7. The van der Waals surface area contributed by atoms with Crippen molar-refractivity contribution in [2.45, 2.75) is 32.7 Å². The average molecular weight is 401 g/mol. The summed E-state index contributed by atoms with van der Waals surface area (Å²) in [6, 6.07) is 9.48. The van der Waals surface area contributed by atoms with Crippen molar-refractivity contribution in [3.63, 3.8) is 0 Å². The van der Waals surface area contributed by atoms with Gasteiger partial charge < -0.3 is 10.3 Å². The first-order valence-corrected chi connectivity index (χ1v) is 10.1. The molecular weight excluding hydrogens is 375 g/mol. The molecule has 1 atom stereocenters. The summed E-state index contributed by atoms with van der Waals surface area (Å²) in [6.45, 7) is 8.56. The number of halogens is 1. The maximum atomic E-state index is 14.0. The molecule has 5 heteroatoms. The number of nitrogens with one attached hydrogen (secondary N) is 2. The Labute approximate surface area is 175 Å². The quantitative estimate of drug-likeness (QED) is 0.387. The van der Waals surface area contributed by atoms with Gasteiger partial charge in [-0.2, -0.15) is 0 Å². The molecule has 0 aliphatic heterocycles. The van der Waals surface area contributed by atoms with Crippen LogP contribution in [0.25, 0.3) is 16.5 Å². The number of nitrogens with zero attached hydrogens (tertiary/aromatic N) is 2. The van der Waals surface area contributed by atoms with Crippen LogP contribution >= 0.6 is 0 Å². The van der Waals surface area contributed by atoms with E-state index in [1.165, 1.54) is 17.8 Å². The molecule has 4 nitrogen and oxygen atoms in total. The van der Waals surface area contributed by atoms with Gasteiger partial charge in [0, 0.05) is 46.8 Å². The van der Waals surface area contributed by atoms with E-state index in [0.29, 0.717) is 5.56 Å². The number of hydrogen-bond acceptors (Lipinski definition) is 3. The van der Waals surface area contributed by atoms with Crippen LogP contribution in [0.5, 0.6) is 0 Å². The lowest BCUT2D eigenvalue weighted by atomic mass is 9.93. The van der Waals surface area contributed by atoms with Gasteiger partial charge in [-0.15, -0.1) is 0 Å². The maximum absolute atomic E-state index is 14.0. The van der Waals surface area contributed by atoms with E-state index in [1.807, 2.05) is 19.2 Å². The van der Waals surface area contributed by atoms with E-state index in [1.54, 1.807) is 18.6 Å². The molecule has 0 aliphatic rings. The molecule has 0 radical (unpaired) electrons. The van der Waals surface area contributed by atoms with Crippen molar-refractivity contribution >= 4 is 22.2 Å². The predicted molar refractivity (Wildman–Crippen MR) is 121 cm³/mol. The summed E-state index contributed by atoms with van der Waals surface area (Å²) in [7, 11) is 0. The van der Waals surface area contributed by atoms with E-state index in [0.717, 1.165) is 46.1 Å². The molecule has 3 aromatic heterocycles. The van der Waals surface area contributed by atoms with Crippen LogP contribution in [0, 0.1) is 12.7 Å². The van der Waals surface area contributed by atoms with Crippen LogP contribution in [0.15, 0.2) is 67.9 Å². The number of hydrogen-bond donors (Lipinski definition) is 2. The molecule has 152 valence electrons. The number of pyridine rings is 2. The number of aryl methyl sites for hydroxylation is 2. The molecule has 1 unspecified atom stereocenters. The molecule has 0 saturated heterocycles. The maximum Gasteiger partial charge on any atom is 0.141 e. The summed E-state index contributed by atoms with van der Waals surface area (Å²) in [5.74, 6) is -0.376. The van der Waals surface area contributed by atoms with Crippen molar-refractivity contribution in [1.82, 2.24) is 15.0 Å². The molecule has 2 N–H and O–H groups in total. The van der Waals surface area contributed by atoms with Crippen LogP contribution in [-0.2, 0) is 6.42 Å². The largest absolute Gasteiger partial charge is 0.373 e. The average Bonchev–Trinajstić information content (AvgIpc) is 3.17. The highest BCUT2D eigenvalue weighted by Gasteiger charge is 2.21. The Morgan fingerprint density at radius 1 is 1.17 bits per heavy atom. The highest BCUT2D eigenvalue weighted by atomic mass is 19.1. The molecule has 0 saturated carbocycles. The molecular formula is C25H25FN4. The molecule has 30 heavy (non-hydrogen) atoms. The summed E-state index contributed by atoms with van der Waals surface area (Å²) in [6.07, 6.45) is 10.5. The highest BCUT2D eigenvalue weighted by Crippen LogP contribution is 2.36. The van der Waals surface area contributed by atoms with Crippen molar-refractivity contribution in [3.05, 3.63) is 96.0 Å². The predicted octanol–water partition coefficient (Wildman–Crippen LogP) is 6.22. The van der Waals surface area contributed by atoms with Gasteiger partial charge in [-0.1, -0.05) is 38.1 Å². The number of fused-ring (bicyclic) bond motifs is 1. The van der Waals surface area contributed by atoms with E-state index in [2.05, 4.69) is 52.0 Å². The lowest BCUT2D eigenvalue weighted by Crippen LogP contribution is -2.13. The number of aromatic amines is 1. The van der Waals surface area contributed by atoms with Crippen molar-refractivity contribution in [2.75, 3.05) is 5.32 Å².